The minimum atomic E-state index is -3.83. The number of aliphatic hydroxyl groups is 2. The molecule has 0 radical (unpaired) electrons. The van der Waals surface area contributed by atoms with E-state index in [1.165, 1.54) is 16.4 Å². The summed E-state index contributed by atoms with van der Waals surface area (Å²) in [4.78, 5) is 14.4. The topological polar surface area (TPSA) is 127 Å². The summed E-state index contributed by atoms with van der Waals surface area (Å²) in [5.74, 6) is 0. The molecule has 2 heterocycles. The van der Waals surface area contributed by atoms with E-state index in [9.17, 15) is 28.7 Å². The van der Waals surface area contributed by atoms with Crippen LogP contribution in [0.25, 0.3) is 0 Å². The van der Waals surface area contributed by atoms with Crippen molar-refractivity contribution in [3.63, 3.8) is 0 Å². The summed E-state index contributed by atoms with van der Waals surface area (Å²) in [7, 11) is -1.92. The van der Waals surface area contributed by atoms with Crippen LogP contribution in [0.1, 0.15) is 6.42 Å². The minimum Gasteiger partial charge on any atom is -0.394 e. The molecule has 1 aromatic carbocycles. The number of likely N-dealkylation sites (N-methyl/N-ethyl adjacent to an activating group) is 1. The average Bonchev–Trinajstić information content (AvgIpc) is 3.02. The molecule has 2 aliphatic rings. The van der Waals surface area contributed by atoms with Crippen molar-refractivity contribution in [3.05, 3.63) is 28.3 Å². The van der Waals surface area contributed by atoms with Crippen molar-refractivity contribution in [1.82, 2.24) is 9.21 Å². The van der Waals surface area contributed by atoms with E-state index in [1.54, 1.807) is 4.90 Å². The van der Waals surface area contributed by atoms with E-state index in [0.717, 1.165) is 6.07 Å². The maximum atomic E-state index is 12.9. The van der Waals surface area contributed by atoms with Gasteiger partial charge in [-0.05, 0) is 25.6 Å². The number of anilines is 1. The van der Waals surface area contributed by atoms with Gasteiger partial charge in [-0.2, -0.15) is 4.31 Å². The molecule has 0 unspecified atom stereocenters. The van der Waals surface area contributed by atoms with Gasteiger partial charge in [0.05, 0.1) is 28.6 Å². The van der Waals surface area contributed by atoms with Crippen LogP contribution in [0, 0.1) is 10.1 Å². The Morgan fingerprint density at radius 2 is 1.93 bits per heavy atom. The number of sulfonamides is 1. The lowest BCUT2D eigenvalue weighted by molar-refractivity contribution is -0.384. The zero-order valence-electron chi connectivity index (χ0n) is 15.1. The molecular formula is C16H24N4O6S. The van der Waals surface area contributed by atoms with Gasteiger partial charge in [-0.15, -0.1) is 0 Å². The Labute approximate surface area is 157 Å². The fraction of sp³-hybridized carbons (Fsp3) is 0.625. The number of hydrogen-bond acceptors (Lipinski definition) is 8. The van der Waals surface area contributed by atoms with Gasteiger partial charge >= 0.3 is 0 Å². The van der Waals surface area contributed by atoms with E-state index >= 15 is 0 Å². The summed E-state index contributed by atoms with van der Waals surface area (Å²) in [6, 6.07) is 3.37. The van der Waals surface area contributed by atoms with E-state index in [-0.39, 0.29) is 29.4 Å². The Morgan fingerprint density at radius 3 is 2.52 bits per heavy atom. The third kappa shape index (κ3) is 3.92. The average molecular weight is 400 g/mol. The van der Waals surface area contributed by atoms with Crippen LogP contribution in [-0.2, 0) is 10.0 Å². The minimum absolute atomic E-state index is 0.122. The first kappa shape index (κ1) is 20.0. The molecule has 27 heavy (non-hydrogen) atoms. The Hall–Kier alpha value is -1.79. The summed E-state index contributed by atoms with van der Waals surface area (Å²) in [6.45, 7) is 1.76. The third-order valence-corrected chi connectivity index (χ3v) is 7.05. The molecule has 11 heteroatoms. The molecular weight excluding hydrogens is 376 g/mol. The highest BCUT2D eigenvalue weighted by Gasteiger charge is 2.36. The van der Waals surface area contributed by atoms with Crippen LogP contribution in [0.3, 0.4) is 0 Å². The maximum absolute atomic E-state index is 12.9. The van der Waals surface area contributed by atoms with Gasteiger partial charge in [0.15, 0.2) is 0 Å². The van der Waals surface area contributed by atoms with Gasteiger partial charge in [0.1, 0.15) is 5.69 Å². The molecule has 150 valence electrons. The van der Waals surface area contributed by atoms with E-state index in [1.807, 2.05) is 11.9 Å². The first-order valence-electron chi connectivity index (χ1n) is 8.76. The fourth-order valence-corrected chi connectivity index (χ4v) is 5.03. The van der Waals surface area contributed by atoms with Crippen molar-refractivity contribution in [2.75, 3.05) is 51.3 Å². The molecule has 0 aliphatic carbocycles. The second kappa shape index (κ2) is 7.68. The molecule has 2 atom stereocenters. The van der Waals surface area contributed by atoms with Gasteiger partial charge in [-0.1, -0.05) is 0 Å². The highest BCUT2D eigenvalue weighted by atomic mass is 32.2. The van der Waals surface area contributed by atoms with Gasteiger partial charge in [0.2, 0.25) is 10.0 Å². The number of aliphatic hydroxyl groups excluding tert-OH is 2. The van der Waals surface area contributed by atoms with E-state index in [4.69, 9.17) is 0 Å². The summed E-state index contributed by atoms with van der Waals surface area (Å²) in [5, 5.41) is 30.9. The second-order valence-electron chi connectivity index (χ2n) is 6.99. The van der Waals surface area contributed by atoms with Crippen LogP contribution in [0.15, 0.2) is 23.1 Å². The predicted molar refractivity (Wildman–Crippen MR) is 98.2 cm³/mol. The lowest BCUT2D eigenvalue weighted by Gasteiger charge is -2.31. The molecule has 0 saturated carbocycles. The Bertz CT molecular complexity index is 809. The monoisotopic (exact) mass is 400 g/mol. The van der Waals surface area contributed by atoms with Crippen LogP contribution < -0.4 is 4.90 Å². The number of nitro benzene ring substituents is 1. The zero-order valence-corrected chi connectivity index (χ0v) is 15.9. The molecule has 0 amide bonds. The third-order valence-electron chi connectivity index (χ3n) is 5.16. The van der Waals surface area contributed by atoms with Crippen LogP contribution in [0.2, 0.25) is 0 Å². The van der Waals surface area contributed by atoms with Crippen LogP contribution in [0.4, 0.5) is 11.4 Å². The van der Waals surface area contributed by atoms with Crippen molar-refractivity contribution in [2.45, 2.75) is 23.5 Å². The normalized spacial score (nSPS) is 25.1. The lowest BCUT2D eigenvalue weighted by atomic mass is 10.2. The Balaban J connectivity index is 1.95. The van der Waals surface area contributed by atoms with Gasteiger partial charge in [0, 0.05) is 38.8 Å². The van der Waals surface area contributed by atoms with Crippen molar-refractivity contribution >= 4 is 21.4 Å². The highest BCUT2D eigenvalue weighted by molar-refractivity contribution is 7.89. The molecule has 2 aliphatic heterocycles. The smallest absolute Gasteiger partial charge is 0.293 e. The zero-order chi connectivity index (χ0) is 19.8. The Kier molecular flexibility index (Phi) is 5.68. The SMILES string of the molecule is CN1CCN(S(=O)(=O)c2ccc(N3C[C@@H](O)C[C@@H]3CO)c([N+](=O)[O-])c2)CC1. The van der Waals surface area contributed by atoms with Crippen molar-refractivity contribution in [3.8, 4) is 0 Å². The van der Waals surface area contributed by atoms with Crippen LogP contribution >= 0.6 is 0 Å². The lowest BCUT2D eigenvalue weighted by Crippen LogP contribution is -2.47. The molecule has 2 N–H and O–H groups in total. The molecule has 1 aromatic rings. The van der Waals surface area contributed by atoms with E-state index in [0.29, 0.717) is 32.6 Å². The second-order valence-corrected chi connectivity index (χ2v) is 8.93. The number of β-amino-alcohol motifs (C(OH)–C–C–N with tert-alkyl or cyclic N) is 1. The number of nitrogens with zero attached hydrogens (tertiary/aromatic N) is 4. The van der Waals surface area contributed by atoms with E-state index in [2.05, 4.69) is 0 Å². The standard InChI is InChI=1S/C16H24N4O6S/c1-17-4-6-18(7-5-17)27(25,26)14-2-3-15(16(9-14)20(23)24)19-10-13(22)8-12(19)11-21/h2-3,9,12-13,21-22H,4-8,10-11H2,1H3/t12-,13+/m1/s1. The first-order valence-corrected chi connectivity index (χ1v) is 10.2. The molecule has 3 rings (SSSR count). The van der Waals surface area contributed by atoms with Crippen molar-refractivity contribution < 1.29 is 23.6 Å². The highest BCUT2D eigenvalue weighted by Crippen LogP contribution is 2.36. The number of nitro groups is 1. The quantitative estimate of drug-likeness (QED) is 0.498. The summed E-state index contributed by atoms with van der Waals surface area (Å²) < 4.78 is 27.1. The Morgan fingerprint density at radius 1 is 1.26 bits per heavy atom. The fourth-order valence-electron chi connectivity index (χ4n) is 3.59. The van der Waals surface area contributed by atoms with Crippen LogP contribution in [-0.4, -0.2) is 91.3 Å². The van der Waals surface area contributed by atoms with Gasteiger partial charge < -0.3 is 20.0 Å². The van der Waals surface area contributed by atoms with Crippen LogP contribution in [0.5, 0.6) is 0 Å². The van der Waals surface area contributed by atoms with Crippen molar-refractivity contribution in [1.29, 1.82) is 0 Å². The van der Waals surface area contributed by atoms with Gasteiger partial charge in [-0.25, -0.2) is 8.42 Å². The molecule has 2 saturated heterocycles. The number of rotatable bonds is 5. The number of hydrogen-bond donors (Lipinski definition) is 2. The maximum Gasteiger partial charge on any atom is 0.293 e. The number of benzene rings is 1. The predicted octanol–water partition coefficient (Wildman–Crippen LogP) is -0.537. The summed E-state index contributed by atoms with van der Waals surface area (Å²) in [6.07, 6.45) is -0.398. The van der Waals surface area contributed by atoms with E-state index < -0.39 is 27.1 Å². The molecule has 2 fully saturated rings. The van der Waals surface area contributed by atoms with Gasteiger partial charge in [-0.3, -0.25) is 10.1 Å². The molecule has 10 nitrogen and oxygen atoms in total. The van der Waals surface area contributed by atoms with Gasteiger partial charge in [0.25, 0.3) is 5.69 Å². The summed E-state index contributed by atoms with van der Waals surface area (Å²) in [5.41, 5.74) is -0.148. The van der Waals surface area contributed by atoms with Crippen molar-refractivity contribution in [2.24, 2.45) is 0 Å². The number of piperazine rings is 1. The molecule has 0 aromatic heterocycles. The summed E-state index contributed by atoms with van der Waals surface area (Å²) >= 11 is 0. The largest absolute Gasteiger partial charge is 0.394 e. The molecule has 0 bridgehead atoms. The first-order chi connectivity index (χ1) is 12.7. The molecule has 0 spiro atoms.